The van der Waals surface area contributed by atoms with Crippen molar-refractivity contribution in [1.82, 2.24) is 14.8 Å². The van der Waals surface area contributed by atoms with Crippen molar-refractivity contribution in [3.63, 3.8) is 0 Å². The second-order valence-electron chi connectivity index (χ2n) is 7.30. The van der Waals surface area contributed by atoms with E-state index in [4.69, 9.17) is 14.2 Å². The van der Waals surface area contributed by atoms with Crippen LogP contribution in [0.25, 0.3) is 0 Å². The van der Waals surface area contributed by atoms with E-state index in [2.05, 4.69) is 4.98 Å². The van der Waals surface area contributed by atoms with Crippen LogP contribution < -0.4 is 9.47 Å². The number of morpholine rings is 1. The summed E-state index contributed by atoms with van der Waals surface area (Å²) >= 11 is 0. The van der Waals surface area contributed by atoms with Gasteiger partial charge in [0.15, 0.2) is 0 Å². The molecule has 0 bridgehead atoms. The van der Waals surface area contributed by atoms with Crippen molar-refractivity contribution >= 4 is 11.8 Å². The van der Waals surface area contributed by atoms with Gasteiger partial charge in [0, 0.05) is 31.3 Å². The number of carbonyl (C=O) groups excluding carboxylic acids is 2. The molecule has 30 heavy (non-hydrogen) atoms. The smallest absolute Gasteiger partial charge is 0.254 e. The van der Waals surface area contributed by atoms with Crippen molar-refractivity contribution in [3.8, 4) is 11.5 Å². The van der Waals surface area contributed by atoms with Gasteiger partial charge in [0.05, 0.1) is 33.1 Å². The zero-order valence-corrected chi connectivity index (χ0v) is 16.9. The third-order valence-electron chi connectivity index (χ3n) is 5.41. The highest BCUT2D eigenvalue weighted by atomic mass is 16.5. The lowest BCUT2D eigenvalue weighted by atomic mass is 10.1. The van der Waals surface area contributed by atoms with E-state index in [9.17, 15) is 9.59 Å². The number of pyridine rings is 1. The van der Waals surface area contributed by atoms with Gasteiger partial charge < -0.3 is 24.0 Å². The van der Waals surface area contributed by atoms with Crippen LogP contribution in [0.15, 0.2) is 48.8 Å². The molecular formula is C22H25N3O5. The summed E-state index contributed by atoms with van der Waals surface area (Å²) in [7, 11) is 1.58. The highest BCUT2D eigenvalue weighted by Crippen LogP contribution is 2.27. The van der Waals surface area contributed by atoms with Gasteiger partial charge in [0.25, 0.3) is 5.91 Å². The number of hydrogen-bond donors (Lipinski definition) is 0. The third kappa shape index (κ3) is 4.38. The SMILES string of the molecule is COc1ccc(C(=O)N2CC(Oc3cccnc3)CC2C(=O)N2CCOCC2)cc1. The number of methoxy groups -OCH3 is 1. The first kappa shape index (κ1) is 20.2. The van der Waals surface area contributed by atoms with Crippen molar-refractivity contribution in [2.24, 2.45) is 0 Å². The van der Waals surface area contributed by atoms with Crippen molar-refractivity contribution in [3.05, 3.63) is 54.4 Å². The van der Waals surface area contributed by atoms with E-state index >= 15 is 0 Å². The fraction of sp³-hybridized carbons (Fsp3) is 0.409. The summed E-state index contributed by atoms with van der Waals surface area (Å²) in [6.45, 7) is 2.43. The first-order valence-corrected chi connectivity index (χ1v) is 10.0. The molecule has 2 amide bonds. The molecule has 1 aromatic carbocycles. The fourth-order valence-electron chi connectivity index (χ4n) is 3.84. The summed E-state index contributed by atoms with van der Waals surface area (Å²) in [5.41, 5.74) is 0.512. The van der Waals surface area contributed by atoms with Crippen LogP contribution in [0.2, 0.25) is 0 Å². The molecule has 1 aromatic heterocycles. The summed E-state index contributed by atoms with van der Waals surface area (Å²) in [4.78, 5) is 34.0. The number of aromatic nitrogens is 1. The molecule has 2 saturated heterocycles. The maximum Gasteiger partial charge on any atom is 0.254 e. The van der Waals surface area contributed by atoms with E-state index in [0.29, 0.717) is 56.3 Å². The lowest BCUT2D eigenvalue weighted by Gasteiger charge is -2.32. The summed E-state index contributed by atoms with van der Waals surface area (Å²) < 4.78 is 16.6. The molecule has 0 spiro atoms. The van der Waals surface area contributed by atoms with Crippen LogP contribution in [-0.4, -0.2) is 78.7 Å². The zero-order chi connectivity index (χ0) is 20.9. The second-order valence-corrected chi connectivity index (χ2v) is 7.30. The Morgan fingerprint density at radius 1 is 1.10 bits per heavy atom. The number of carbonyl (C=O) groups is 2. The minimum atomic E-state index is -0.570. The Bertz CT molecular complexity index is 868. The predicted molar refractivity (Wildman–Crippen MR) is 108 cm³/mol. The fourth-order valence-corrected chi connectivity index (χ4v) is 3.84. The molecule has 2 unspecified atom stereocenters. The number of nitrogens with zero attached hydrogens (tertiary/aromatic N) is 3. The minimum Gasteiger partial charge on any atom is -0.497 e. The molecule has 0 N–H and O–H groups in total. The number of hydrogen-bond acceptors (Lipinski definition) is 6. The Kier molecular flexibility index (Phi) is 6.13. The number of ether oxygens (including phenoxy) is 3. The highest BCUT2D eigenvalue weighted by molar-refractivity contribution is 5.98. The van der Waals surface area contributed by atoms with E-state index in [0.717, 1.165) is 0 Å². The molecule has 3 heterocycles. The van der Waals surface area contributed by atoms with Crippen molar-refractivity contribution in [2.75, 3.05) is 40.0 Å². The van der Waals surface area contributed by atoms with E-state index in [1.165, 1.54) is 0 Å². The van der Waals surface area contributed by atoms with Gasteiger partial charge in [-0.1, -0.05) is 0 Å². The maximum absolute atomic E-state index is 13.3. The van der Waals surface area contributed by atoms with E-state index in [1.807, 2.05) is 6.07 Å². The molecule has 0 aliphatic carbocycles. The van der Waals surface area contributed by atoms with Gasteiger partial charge in [-0.2, -0.15) is 0 Å². The van der Waals surface area contributed by atoms with E-state index in [1.54, 1.807) is 59.6 Å². The number of benzene rings is 1. The highest BCUT2D eigenvalue weighted by Gasteiger charge is 2.43. The first-order valence-electron chi connectivity index (χ1n) is 10.0. The van der Waals surface area contributed by atoms with Gasteiger partial charge in [-0.3, -0.25) is 14.6 Å². The topological polar surface area (TPSA) is 81.2 Å². The third-order valence-corrected chi connectivity index (χ3v) is 5.41. The molecule has 0 saturated carbocycles. The van der Waals surface area contributed by atoms with Crippen LogP contribution in [0.4, 0.5) is 0 Å². The molecule has 8 heteroatoms. The number of likely N-dealkylation sites (tertiary alicyclic amines) is 1. The average molecular weight is 411 g/mol. The maximum atomic E-state index is 13.3. The van der Waals surface area contributed by atoms with E-state index < -0.39 is 6.04 Å². The summed E-state index contributed by atoms with van der Waals surface area (Å²) in [5.74, 6) is 1.05. The van der Waals surface area contributed by atoms with Gasteiger partial charge >= 0.3 is 0 Å². The Balaban J connectivity index is 1.54. The Hall–Kier alpha value is -3.13. The van der Waals surface area contributed by atoms with Crippen molar-refractivity contribution in [1.29, 1.82) is 0 Å². The molecule has 2 aromatic rings. The lowest BCUT2D eigenvalue weighted by molar-refractivity contribution is -0.139. The zero-order valence-electron chi connectivity index (χ0n) is 16.9. The lowest BCUT2D eigenvalue weighted by Crippen LogP contribution is -2.51. The minimum absolute atomic E-state index is 0.0579. The molecule has 2 aliphatic heterocycles. The van der Waals surface area contributed by atoms with Crippen LogP contribution in [0.3, 0.4) is 0 Å². The van der Waals surface area contributed by atoms with Crippen molar-refractivity contribution in [2.45, 2.75) is 18.6 Å². The normalized spacial score (nSPS) is 21.4. The summed E-state index contributed by atoms with van der Waals surface area (Å²) in [6, 6.07) is 9.96. The Morgan fingerprint density at radius 3 is 2.53 bits per heavy atom. The van der Waals surface area contributed by atoms with Gasteiger partial charge in [0.1, 0.15) is 23.6 Å². The molecule has 2 atom stereocenters. The molecular weight excluding hydrogens is 386 g/mol. The van der Waals surface area contributed by atoms with Gasteiger partial charge in [-0.25, -0.2) is 0 Å². The predicted octanol–water partition coefficient (Wildman–Crippen LogP) is 1.61. The molecule has 8 nitrogen and oxygen atoms in total. The van der Waals surface area contributed by atoms with Crippen LogP contribution in [0.5, 0.6) is 11.5 Å². The molecule has 0 radical (unpaired) electrons. The Labute approximate surface area is 175 Å². The van der Waals surface area contributed by atoms with Gasteiger partial charge in [-0.05, 0) is 36.4 Å². The molecule has 158 valence electrons. The standard InChI is InChI=1S/C22H25N3O5/c1-28-17-6-4-16(5-7-17)21(26)25-15-19(30-18-3-2-8-23-14-18)13-20(25)22(27)24-9-11-29-12-10-24/h2-8,14,19-20H,9-13,15H2,1H3. The van der Waals surface area contributed by atoms with E-state index in [-0.39, 0.29) is 17.9 Å². The van der Waals surface area contributed by atoms with Crippen molar-refractivity contribution < 1.29 is 23.8 Å². The number of amides is 2. The quantitative estimate of drug-likeness (QED) is 0.744. The van der Waals surface area contributed by atoms with Crippen LogP contribution in [0, 0.1) is 0 Å². The average Bonchev–Trinajstić information content (AvgIpc) is 3.23. The molecule has 4 rings (SSSR count). The van der Waals surface area contributed by atoms with Crippen LogP contribution in [-0.2, 0) is 9.53 Å². The monoisotopic (exact) mass is 411 g/mol. The number of rotatable bonds is 5. The largest absolute Gasteiger partial charge is 0.497 e. The summed E-state index contributed by atoms with van der Waals surface area (Å²) in [6.07, 6.45) is 3.46. The van der Waals surface area contributed by atoms with Crippen LogP contribution in [0.1, 0.15) is 16.8 Å². The van der Waals surface area contributed by atoms with Crippen LogP contribution >= 0.6 is 0 Å². The van der Waals surface area contributed by atoms with Gasteiger partial charge in [-0.15, -0.1) is 0 Å². The Morgan fingerprint density at radius 2 is 1.87 bits per heavy atom. The molecule has 2 aliphatic rings. The second kappa shape index (κ2) is 9.13. The first-order chi connectivity index (χ1) is 14.7. The van der Waals surface area contributed by atoms with Gasteiger partial charge in [0.2, 0.25) is 5.91 Å². The summed E-state index contributed by atoms with van der Waals surface area (Å²) in [5, 5.41) is 0. The molecule has 2 fully saturated rings.